The summed E-state index contributed by atoms with van der Waals surface area (Å²) < 4.78 is 26.5. The minimum Gasteiger partial charge on any atom is -0.368 e. The number of benzene rings is 3. The minimum atomic E-state index is -1.97. The summed E-state index contributed by atoms with van der Waals surface area (Å²) in [5, 5.41) is 3.97. The van der Waals surface area contributed by atoms with Gasteiger partial charge in [-0.1, -0.05) is 136 Å². The molecule has 4 rings (SSSR count). The second kappa shape index (κ2) is 15.4. The second-order valence-corrected chi connectivity index (χ2v) is 17.4. The Labute approximate surface area is 257 Å². The Morgan fingerprint density at radius 3 is 1.63 bits per heavy atom. The lowest BCUT2D eigenvalue weighted by Gasteiger charge is -2.45. The van der Waals surface area contributed by atoms with Gasteiger partial charge in [-0.2, -0.15) is 0 Å². The zero-order chi connectivity index (χ0) is 30.7. The molecule has 0 unspecified atom stereocenters. The lowest BCUT2D eigenvalue weighted by Crippen LogP contribution is -2.60. The molecular weight excluding hydrogens is 554 g/mol. The average molecular weight is 598 g/mol. The third-order valence-electron chi connectivity index (χ3n) is 8.22. The van der Waals surface area contributed by atoms with Gasteiger partial charge in [0, 0.05) is 4.91 Å². The summed E-state index contributed by atoms with van der Waals surface area (Å²) in [6, 6.07) is 30.1. The summed E-state index contributed by atoms with van der Waals surface area (Å²) in [7, 11) is -1.97. The highest BCUT2D eigenvalue weighted by molar-refractivity contribution is 6.87. The van der Waals surface area contributed by atoms with Gasteiger partial charge in [0.1, 0.15) is 32.5 Å². The number of hydrogen-bond donors (Lipinski definition) is 0. The molecule has 1 fully saturated rings. The third-order valence-corrected chi connectivity index (χ3v) is 12.7. The van der Waals surface area contributed by atoms with Gasteiger partial charge in [0.2, 0.25) is 0 Å². The smallest absolute Gasteiger partial charge is 0.146 e. The summed E-state index contributed by atoms with van der Waals surface area (Å²) in [6.45, 7) is 12.4. The van der Waals surface area contributed by atoms with Crippen molar-refractivity contribution in [2.75, 3.05) is 6.54 Å². The molecule has 0 bridgehead atoms. The van der Waals surface area contributed by atoms with Gasteiger partial charge in [0.25, 0.3) is 0 Å². The molecule has 3 aromatic rings. The molecule has 0 radical (unpaired) electrons. The van der Waals surface area contributed by atoms with E-state index in [0.717, 1.165) is 16.7 Å². The van der Waals surface area contributed by atoms with Gasteiger partial charge in [-0.25, -0.2) is 0 Å². The Kier molecular flexibility index (Phi) is 11.6. The number of hydrogen-bond acceptors (Lipinski definition) is 5. The van der Waals surface area contributed by atoms with Crippen molar-refractivity contribution in [3.63, 3.8) is 0 Å². The molecule has 0 saturated carbocycles. The van der Waals surface area contributed by atoms with Gasteiger partial charge in [0.05, 0.1) is 32.5 Å². The molecule has 3 aromatic carbocycles. The molecule has 1 aliphatic heterocycles. The van der Waals surface area contributed by atoms with Gasteiger partial charge in [0.15, 0.2) is 0 Å². The van der Waals surface area contributed by atoms with Crippen LogP contribution in [-0.2, 0) is 38.8 Å². The molecule has 0 amide bonds. The molecule has 0 aromatic heterocycles. The first-order valence-electron chi connectivity index (χ1n) is 14.8. The normalized spacial score (nSPS) is 22.2. The van der Waals surface area contributed by atoms with Crippen molar-refractivity contribution in [3.8, 4) is 11.5 Å². The summed E-state index contributed by atoms with van der Waals surface area (Å²) in [5.74, 6) is 3.48. The topological polar surface area (TPSA) is 85.7 Å². The lowest BCUT2D eigenvalue weighted by atomic mass is 9.94. The maximum atomic E-state index is 9.22. The molecule has 1 aliphatic rings. The van der Waals surface area contributed by atoms with Crippen LogP contribution in [0.25, 0.3) is 10.4 Å². The van der Waals surface area contributed by atoms with Gasteiger partial charge in [-0.05, 0) is 27.3 Å². The Balaban J connectivity index is 1.73. The van der Waals surface area contributed by atoms with Crippen LogP contribution in [-0.4, -0.2) is 45.1 Å². The molecule has 7 nitrogen and oxygen atoms in total. The van der Waals surface area contributed by atoms with Crippen LogP contribution in [0.3, 0.4) is 0 Å². The zero-order valence-electron chi connectivity index (χ0n) is 25.9. The molecule has 0 N–H and O–H groups in total. The van der Waals surface area contributed by atoms with Crippen molar-refractivity contribution < 1.29 is 18.9 Å². The molecule has 1 saturated heterocycles. The Bertz CT molecular complexity index is 1380. The fraction of sp³-hybridized carbons (Fsp3) is 0.429. The van der Waals surface area contributed by atoms with Crippen LogP contribution in [0, 0.1) is 11.5 Å². The van der Waals surface area contributed by atoms with Gasteiger partial charge in [-0.3, -0.25) is 0 Å². The molecule has 0 aliphatic carbocycles. The predicted molar refractivity (Wildman–Crippen MR) is 173 cm³/mol. The van der Waals surface area contributed by atoms with Crippen LogP contribution in [0.1, 0.15) is 37.5 Å². The highest BCUT2D eigenvalue weighted by Gasteiger charge is 2.48. The molecular formula is C35H43N3O4Si. The third kappa shape index (κ3) is 9.28. The first-order chi connectivity index (χ1) is 20.7. The minimum absolute atomic E-state index is 0.0735. The van der Waals surface area contributed by atoms with E-state index in [0.29, 0.717) is 19.8 Å². The number of nitrogens with zero attached hydrogens (tertiary/aromatic N) is 3. The zero-order valence-corrected chi connectivity index (χ0v) is 26.9. The Hall–Kier alpha value is -3.41. The van der Waals surface area contributed by atoms with E-state index < -0.39 is 38.6 Å². The SMILES string of the molecule is CC(C)(C)[Si](C)(C)C#C[C@H]1O[C@H](CN=[N+]=[N-])[C@@H](OCc2ccccc2)[C@H](OCc2ccccc2)[C@H]1OCc1ccccc1. The first-order valence-corrected chi connectivity index (χ1v) is 17.8. The monoisotopic (exact) mass is 597 g/mol. The average Bonchev–Trinajstić information content (AvgIpc) is 3.01. The van der Waals surface area contributed by atoms with E-state index >= 15 is 0 Å². The van der Waals surface area contributed by atoms with E-state index in [1.807, 2.05) is 91.0 Å². The van der Waals surface area contributed by atoms with E-state index in [1.54, 1.807) is 0 Å². The van der Waals surface area contributed by atoms with Gasteiger partial charge in [-0.15, -0.1) is 5.54 Å². The molecule has 8 heteroatoms. The number of azide groups is 1. The van der Waals surface area contributed by atoms with E-state index in [4.69, 9.17) is 18.9 Å². The molecule has 1 heterocycles. The quantitative estimate of drug-likeness (QED) is 0.0740. The van der Waals surface area contributed by atoms with Crippen LogP contribution >= 0.6 is 0 Å². The van der Waals surface area contributed by atoms with E-state index in [9.17, 15) is 5.53 Å². The predicted octanol–water partition coefficient (Wildman–Crippen LogP) is 7.87. The highest BCUT2D eigenvalue weighted by Crippen LogP contribution is 2.36. The first kappa shape index (κ1) is 32.5. The standard InChI is InChI=1S/C35H43N3O4Si/c1-35(2,3)43(4,5)22-21-30-32(39-24-27-15-9-6-10-16-27)34(41-26-29-19-13-8-14-20-29)33(31(42-30)23-37-38-36)40-25-28-17-11-7-12-18-28/h6-20,30-34H,23-26H2,1-5H3/t30-,31-,32+,33-,34-/m1/s1. The highest BCUT2D eigenvalue weighted by atomic mass is 28.3. The maximum Gasteiger partial charge on any atom is 0.146 e. The Morgan fingerprint density at radius 2 is 1.19 bits per heavy atom. The van der Waals surface area contributed by atoms with Crippen LogP contribution in [0.4, 0.5) is 0 Å². The van der Waals surface area contributed by atoms with Crippen molar-refractivity contribution >= 4 is 8.07 Å². The van der Waals surface area contributed by atoms with Crippen molar-refractivity contribution in [1.29, 1.82) is 0 Å². The van der Waals surface area contributed by atoms with Crippen molar-refractivity contribution in [2.24, 2.45) is 5.11 Å². The number of ether oxygens (including phenoxy) is 4. The van der Waals surface area contributed by atoms with Crippen LogP contribution in [0.15, 0.2) is 96.1 Å². The maximum absolute atomic E-state index is 9.22. The fourth-order valence-electron chi connectivity index (χ4n) is 4.61. The summed E-state index contributed by atoms with van der Waals surface area (Å²) in [6.07, 6.45) is -2.84. The largest absolute Gasteiger partial charge is 0.368 e. The van der Waals surface area contributed by atoms with Crippen LogP contribution in [0.2, 0.25) is 18.1 Å². The summed E-state index contributed by atoms with van der Waals surface area (Å²) >= 11 is 0. The van der Waals surface area contributed by atoms with E-state index in [1.165, 1.54) is 0 Å². The van der Waals surface area contributed by atoms with Crippen molar-refractivity contribution in [3.05, 3.63) is 118 Å². The molecule has 226 valence electrons. The Morgan fingerprint density at radius 1 is 0.744 bits per heavy atom. The summed E-state index contributed by atoms with van der Waals surface area (Å²) in [5.41, 5.74) is 15.9. The lowest BCUT2D eigenvalue weighted by molar-refractivity contribution is -0.251. The fourth-order valence-corrected chi connectivity index (χ4v) is 5.49. The number of rotatable bonds is 11. The molecule has 5 atom stereocenters. The van der Waals surface area contributed by atoms with Crippen molar-refractivity contribution in [2.45, 2.75) is 89.2 Å². The molecule has 43 heavy (non-hydrogen) atoms. The van der Waals surface area contributed by atoms with E-state index in [2.05, 4.69) is 55.4 Å². The van der Waals surface area contributed by atoms with Crippen molar-refractivity contribution in [1.82, 2.24) is 0 Å². The second-order valence-electron chi connectivity index (χ2n) is 12.4. The van der Waals surface area contributed by atoms with Crippen LogP contribution in [0.5, 0.6) is 0 Å². The van der Waals surface area contributed by atoms with Gasteiger partial charge >= 0.3 is 0 Å². The van der Waals surface area contributed by atoms with Gasteiger partial charge < -0.3 is 18.9 Å². The van der Waals surface area contributed by atoms with Crippen LogP contribution < -0.4 is 0 Å². The summed E-state index contributed by atoms with van der Waals surface area (Å²) in [4.78, 5) is 3.03. The molecule has 0 spiro atoms. The van der Waals surface area contributed by atoms with E-state index in [-0.39, 0.29) is 11.6 Å².